The van der Waals surface area contributed by atoms with Crippen LogP contribution < -0.4 is 10.6 Å². The van der Waals surface area contributed by atoms with Gasteiger partial charge in [0.25, 0.3) is 5.91 Å². The van der Waals surface area contributed by atoms with Crippen LogP contribution in [0.1, 0.15) is 35.2 Å². The highest BCUT2D eigenvalue weighted by atomic mass is 16.5. The number of ether oxygens (including phenoxy) is 1. The largest absolute Gasteiger partial charge is 0.377 e. The summed E-state index contributed by atoms with van der Waals surface area (Å²) >= 11 is 0. The highest BCUT2D eigenvalue weighted by molar-refractivity contribution is 5.93. The van der Waals surface area contributed by atoms with Crippen molar-refractivity contribution in [1.82, 2.24) is 10.6 Å². The number of benzene rings is 1. The van der Waals surface area contributed by atoms with Gasteiger partial charge in [-0.2, -0.15) is 0 Å². The Morgan fingerprint density at radius 1 is 1.32 bits per heavy atom. The molecular formula is C15H22N2O2. The second-order valence-electron chi connectivity index (χ2n) is 5.12. The monoisotopic (exact) mass is 262 g/mol. The summed E-state index contributed by atoms with van der Waals surface area (Å²) in [6, 6.07) is 7.67. The minimum absolute atomic E-state index is 0.0488. The lowest BCUT2D eigenvalue weighted by atomic mass is 9.80. The van der Waals surface area contributed by atoms with Crippen molar-refractivity contribution in [1.29, 1.82) is 0 Å². The van der Waals surface area contributed by atoms with E-state index in [9.17, 15) is 4.79 Å². The summed E-state index contributed by atoms with van der Waals surface area (Å²) in [5.41, 5.74) is 1.93. The van der Waals surface area contributed by atoms with Crippen molar-refractivity contribution in [3.8, 4) is 0 Å². The van der Waals surface area contributed by atoms with Crippen LogP contribution in [0.3, 0.4) is 0 Å². The first-order chi connectivity index (χ1) is 9.19. The fourth-order valence-corrected chi connectivity index (χ4v) is 2.38. The Morgan fingerprint density at radius 2 is 2.00 bits per heavy atom. The van der Waals surface area contributed by atoms with Crippen LogP contribution in [0.4, 0.5) is 0 Å². The molecule has 0 spiro atoms. The molecule has 0 aliphatic heterocycles. The first-order valence-corrected chi connectivity index (χ1v) is 6.76. The fraction of sp³-hybridized carbons (Fsp3) is 0.533. The van der Waals surface area contributed by atoms with E-state index in [0.29, 0.717) is 5.56 Å². The molecule has 0 atom stereocenters. The molecule has 1 aromatic carbocycles. The van der Waals surface area contributed by atoms with Crippen LogP contribution >= 0.6 is 0 Å². The van der Waals surface area contributed by atoms with Crippen LogP contribution in [-0.2, 0) is 11.3 Å². The summed E-state index contributed by atoms with van der Waals surface area (Å²) in [6.45, 7) is 1.69. The number of methoxy groups -OCH3 is 1. The Balaban J connectivity index is 1.81. The molecule has 1 aliphatic rings. The molecule has 104 valence electrons. The normalized spacial score (nSPS) is 16.7. The average Bonchev–Trinajstić information content (AvgIpc) is 2.41. The van der Waals surface area contributed by atoms with Gasteiger partial charge in [0.2, 0.25) is 0 Å². The van der Waals surface area contributed by atoms with Crippen LogP contribution in [-0.4, -0.2) is 32.2 Å². The van der Waals surface area contributed by atoms with Gasteiger partial charge in [-0.05, 0) is 37.0 Å². The number of rotatable bonds is 6. The third kappa shape index (κ3) is 3.33. The van der Waals surface area contributed by atoms with Crippen molar-refractivity contribution in [3.05, 3.63) is 35.4 Å². The Bertz CT molecular complexity index is 419. The van der Waals surface area contributed by atoms with Gasteiger partial charge in [-0.25, -0.2) is 0 Å². The molecule has 1 amide bonds. The highest BCUT2D eigenvalue weighted by Crippen LogP contribution is 2.34. The van der Waals surface area contributed by atoms with Crippen molar-refractivity contribution in [3.63, 3.8) is 0 Å². The molecule has 1 saturated carbocycles. The summed E-state index contributed by atoms with van der Waals surface area (Å²) < 4.78 is 5.56. The SMILES string of the molecule is CNC(=O)c1ccc(CNCC2(OC)CCC2)cc1. The van der Waals surface area contributed by atoms with Gasteiger partial charge in [0.05, 0.1) is 5.60 Å². The maximum atomic E-state index is 11.4. The smallest absolute Gasteiger partial charge is 0.251 e. The van der Waals surface area contributed by atoms with Gasteiger partial charge in [0.15, 0.2) is 0 Å². The van der Waals surface area contributed by atoms with Crippen LogP contribution in [0.2, 0.25) is 0 Å². The summed E-state index contributed by atoms with van der Waals surface area (Å²) in [4.78, 5) is 11.4. The zero-order chi connectivity index (χ0) is 13.7. The molecule has 0 aromatic heterocycles. The lowest BCUT2D eigenvalue weighted by Crippen LogP contribution is -2.47. The van der Waals surface area contributed by atoms with Crippen molar-refractivity contribution in [2.45, 2.75) is 31.4 Å². The van der Waals surface area contributed by atoms with Crippen molar-refractivity contribution in [2.75, 3.05) is 20.7 Å². The molecule has 0 saturated heterocycles. The molecule has 0 bridgehead atoms. The van der Waals surface area contributed by atoms with E-state index < -0.39 is 0 Å². The quantitative estimate of drug-likeness (QED) is 0.820. The maximum absolute atomic E-state index is 11.4. The third-order valence-corrected chi connectivity index (χ3v) is 3.92. The Labute approximate surface area is 114 Å². The summed E-state index contributed by atoms with van der Waals surface area (Å²) in [5.74, 6) is -0.0488. The zero-order valence-corrected chi connectivity index (χ0v) is 11.7. The van der Waals surface area contributed by atoms with E-state index in [2.05, 4.69) is 10.6 Å². The first kappa shape index (κ1) is 14.0. The second-order valence-corrected chi connectivity index (χ2v) is 5.12. The van der Waals surface area contributed by atoms with E-state index in [1.165, 1.54) is 12.0 Å². The minimum atomic E-state index is -0.0488. The van der Waals surface area contributed by atoms with Crippen LogP contribution in [0.5, 0.6) is 0 Å². The number of hydrogen-bond donors (Lipinski definition) is 2. The van der Waals surface area contributed by atoms with E-state index in [0.717, 1.165) is 25.9 Å². The van der Waals surface area contributed by atoms with Crippen molar-refractivity contribution in [2.24, 2.45) is 0 Å². The van der Waals surface area contributed by atoms with Crippen molar-refractivity contribution < 1.29 is 9.53 Å². The van der Waals surface area contributed by atoms with Crippen LogP contribution in [0.25, 0.3) is 0 Å². The van der Waals surface area contributed by atoms with Crippen LogP contribution in [0.15, 0.2) is 24.3 Å². The fourth-order valence-electron chi connectivity index (χ4n) is 2.38. The molecule has 1 aliphatic carbocycles. The molecule has 2 N–H and O–H groups in total. The minimum Gasteiger partial charge on any atom is -0.377 e. The number of amides is 1. The molecule has 19 heavy (non-hydrogen) atoms. The summed E-state index contributed by atoms with van der Waals surface area (Å²) in [5, 5.41) is 6.05. The van der Waals surface area contributed by atoms with Gasteiger partial charge in [0.1, 0.15) is 0 Å². The predicted molar refractivity (Wildman–Crippen MR) is 75.1 cm³/mol. The van der Waals surface area contributed by atoms with Gasteiger partial charge in [-0.15, -0.1) is 0 Å². The van der Waals surface area contributed by atoms with Gasteiger partial charge in [0, 0.05) is 32.8 Å². The lowest BCUT2D eigenvalue weighted by Gasteiger charge is -2.40. The van der Waals surface area contributed by atoms with Gasteiger partial charge in [-0.3, -0.25) is 4.79 Å². The topological polar surface area (TPSA) is 50.4 Å². The summed E-state index contributed by atoms with van der Waals surface area (Å²) in [7, 11) is 3.43. The van der Waals surface area contributed by atoms with E-state index in [-0.39, 0.29) is 11.5 Å². The third-order valence-electron chi connectivity index (χ3n) is 3.92. The van der Waals surface area contributed by atoms with E-state index in [4.69, 9.17) is 4.74 Å². The van der Waals surface area contributed by atoms with E-state index in [1.54, 1.807) is 14.2 Å². The molecule has 4 heteroatoms. The Hall–Kier alpha value is -1.39. The summed E-state index contributed by atoms with van der Waals surface area (Å²) in [6.07, 6.45) is 3.55. The predicted octanol–water partition coefficient (Wildman–Crippen LogP) is 1.70. The van der Waals surface area contributed by atoms with Crippen molar-refractivity contribution >= 4 is 5.91 Å². The molecular weight excluding hydrogens is 240 g/mol. The van der Waals surface area contributed by atoms with Gasteiger partial charge < -0.3 is 15.4 Å². The van der Waals surface area contributed by atoms with E-state index in [1.807, 2.05) is 24.3 Å². The number of nitrogens with one attached hydrogen (secondary N) is 2. The van der Waals surface area contributed by atoms with Gasteiger partial charge in [-0.1, -0.05) is 12.1 Å². The van der Waals surface area contributed by atoms with E-state index >= 15 is 0 Å². The van der Waals surface area contributed by atoms with Crippen LogP contribution in [0, 0.1) is 0 Å². The Morgan fingerprint density at radius 3 is 2.47 bits per heavy atom. The number of carbonyl (C=O) groups is 1. The molecule has 2 rings (SSSR count). The molecule has 0 radical (unpaired) electrons. The molecule has 0 unspecified atom stereocenters. The standard InChI is InChI=1S/C15H22N2O2/c1-16-14(18)13-6-4-12(5-7-13)10-17-11-15(19-2)8-3-9-15/h4-7,17H,3,8-11H2,1-2H3,(H,16,18). The number of hydrogen-bond acceptors (Lipinski definition) is 3. The average molecular weight is 262 g/mol. The molecule has 1 fully saturated rings. The molecule has 1 aromatic rings. The van der Waals surface area contributed by atoms with Gasteiger partial charge >= 0.3 is 0 Å². The molecule has 0 heterocycles. The maximum Gasteiger partial charge on any atom is 0.251 e. The number of carbonyl (C=O) groups excluding carboxylic acids is 1. The second kappa shape index (κ2) is 6.17. The molecule has 4 nitrogen and oxygen atoms in total. The lowest BCUT2D eigenvalue weighted by molar-refractivity contribution is -0.0695. The first-order valence-electron chi connectivity index (χ1n) is 6.76. The zero-order valence-electron chi connectivity index (χ0n) is 11.7. The Kier molecular flexibility index (Phi) is 4.56. The highest BCUT2D eigenvalue weighted by Gasteiger charge is 2.36.